The molecule has 1 rings (SSSR count). The van der Waals surface area contributed by atoms with Gasteiger partial charge < -0.3 is 28.1 Å². The first-order chi connectivity index (χ1) is 16.1. The molecule has 0 unspecified atom stereocenters. The molecule has 0 aromatic rings. The van der Waals surface area contributed by atoms with E-state index in [0.717, 1.165) is 0 Å². The summed E-state index contributed by atoms with van der Waals surface area (Å²) in [5.41, 5.74) is 0. The molecule has 0 spiro atoms. The third kappa shape index (κ3) is 19.8. The Morgan fingerprint density at radius 1 is 0.725 bits per heavy atom. The Bertz CT molecular complexity index is 1160. The Morgan fingerprint density at radius 3 is 1.48 bits per heavy atom. The standard InChI is InChI=1S/C14H28O18S4.4Na/c1-3-5-9(6-4-2)7-14(15)13(32-36(25,26)27)12(31-35(22,23)24)11(30-34(19,20)21)10(29-14)8-28-33(16,17)18;;;;/h9-13,15H,3-8H2,1-2H3,(H,16,17,18)(H,19,20,21)(H,22,23,24)(H,25,26,27);;;;/q;4*+1/p-4/t10-,11+,12+,13-,14-;;;;/m1..../s1. The van der Waals surface area contributed by atoms with Gasteiger partial charge in [-0.25, -0.2) is 33.7 Å². The van der Waals surface area contributed by atoms with Crippen LogP contribution in [0.25, 0.3) is 0 Å². The van der Waals surface area contributed by atoms with Crippen molar-refractivity contribution in [3.63, 3.8) is 0 Å². The molecular formula is C14H24Na4O18S4. The minimum absolute atomic E-state index is 0. The van der Waals surface area contributed by atoms with E-state index in [4.69, 9.17) is 4.74 Å². The van der Waals surface area contributed by atoms with E-state index in [1.54, 1.807) is 13.8 Å². The Hall–Kier alpha value is 3.40. The van der Waals surface area contributed by atoms with Crippen molar-refractivity contribution in [2.75, 3.05) is 6.61 Å². The summed E-state index contributed by atoms with van der Waals surface area (Å²) in [5.74, 6) is -3.69. The minimum Gasteiger partial charge on any atom is -0.726 e. The molecule has 1 N–H and O–H groups in total. The SMILES string of the molecule is CCCC(CCC)C[C@@]1(O)O[C@H](COS(=O)(=O)[O-])[C@H](OS(=O)(=O)[O-])[C@H](OS(=O)(=O)[O-])[C@H]1OS(=O)(=O)[O-].[Na+].[Na+].[Na+].[Na+]. The van der Waals surface area contributed by atoms with Crippen LogP contribution in [0.5, 0.6) is 0 Å². The van der Waals surface area contributed by atoms with E-state index in [9.17, 15) is 57.0 Å². The summed E-state index contributed by atoms with van der Waals surface area (Å²) < 4.78 is 156. The van der Waals surface area contributed by atoms with E-state index in [1.807, 2.05) is 0 Å². The molecule has 1 fully saturated rings. The summed E-state index contributed by atoms with van der Waals surface area (Å²) in [5, 5.41) is 11.2. The van der Waals surface area contributed by atoms with E-state index in [1.165, 1.54) is 0 Å². The Kier molecular flexibility index (Phi) is 25.9. The number of rotatable bonds is 15. The monoisotopic (exact) mass is 700 g/mol. The van der Waals surface area contributed by atoms with Crippen molar-refractivity contribution >= 4 is 41.6 Å². The van der Waals surface area contributed by atoms with Crippen molar-refractivity contribution in [3.05, 3.63) is 0 Å². The van der Waals surface area contributed by atoms with Crippen LogP contribution in [0.3, 0.4) is 0 Å². The Morgan fingerprint density at radius 2 is 1.12 bits per heavy atom. The van der Waals surface area contributed by atoms with E-state index >= 15 is 0 Å². The smallest absolute Gasteiger partial charge is 0.726 e. The molecule has 26 heteroatoms. The van der Waals surface area contributed by atoms with Crippen molar-refractivity contribution in [1.82, 2.24) is 0 Å². The molecule has 0 aliphatic carbocycles. The van der Waals surface area contributed by atoms with Gasteiger partial charge in [0.1, 0.15) is 18.3 Å². The summed E-state index contributed by atoms with van der Waals surface area (Å²) in [7, 11) is -23.3. The van der Waals surface area contributed by atoms with Gasteiger partial charge in [0.2, 0.25) is 41.6 Å². The summed E-state index contributed by atoms with van der Waals surface area (Å²) in [6.45, 7) is 1.90. The fraction of sp³-hybridized carbons (Fsp3) is 1.00. The third-order valence-corrected chi connectivity index (χ3v) is 6.60. The summed E-state index contributed by atoms with van der Waals surface area (Å²) >= 11 is 0. The van der Waals surface area contributed by atoms with Crippen molar-refractivity contribution in [1.29, 1.82) is 0 Å². The van der Waals surface area contributed by atoms with Gasteiger partial charge in [-0.1, -0.05) is 39.5 Å². The molecule has 216 valence electrons. The van der Waals surface area contributed by atoms with E-state index in [-0.39, 0.29) is 118 Å². The molecule has 0 amide bonds. The van der Waals surface area contributed by atoms with Gasteiger partial charge in [0.25, 0.3) is 0 Å². The molecule has 0 bridgehead atoms. The molecular weight excluding hydrogens is 676 g/mol. The topological polar surface area (TPSA) is 295 Å². The van der Waals surface area contributed by atoms with E-state index in [0.29, 0.717) is 25.7 Å². The molecule has 1 heterocycles. The molecule has 18 nitrogen and oxygen atoms in total. The van der Waals surface area contributed by atoms with Crippen LogP contribution in [0.2, 0.25) is 0 Å². The largest absolute Gasteiger partial charge is 1.00 e. The molecule has 1 saturated heterocycles. The number of hydrogen-bond acceptors (Lipinski definition) is 18. The van der Waals surface area contributed by atoms with Crippen molar-refractivity contribution < 1.29 is 197 Å². The van der Waals surface area contributed by atoms with E-state index < -0.39 is 90.7 Å². The zero-order valence-electron chi connectivity index (χ0n) is 22.6. The Labute approximate surface area is 322 Å². The van der Waals surface area contributed by atoms with Crippen LogP contribution in [-0.2, 0) is 63.1 Å². The molecule has 0 saturated carbocycles. The number of hydrogen-bond donors (Lipinski definition) is 1. The van der Waals surface area contributed by atoms with E-state index in [2.05, 4.69) is 16.7 Å². The first kappa shape index (κ1) is 50.3. The molecule has 0 aromatic carbocycles. The summed E-state index contributed by atoms with van der Waals surface area (Å²) in [6, 6.07) is 0. The van der Waals surface area contributed by atoms with Crippen LogP contribution < -0.4 is 118 Å². The van der Waals surface area contributed by atoms with Crippen molar-refractivity contribution in [2.45, 2.75) is 76.2 Å². The number of ether oxygens (including phenoxy) is 1. The van der Waals surface area contributed by atoms with Gasteiger partial charge in [-0.2, -0.15) is 0 Å². The van der Waals surface area contributed by atoms with Gasteiger partial charge in [0.05, 0.1) is 6.61 Å². The average molecular weight is 701 g/mol. The quantitative estimate of drug-likeness (QED) is 0.0942. The maximum Gasteiger partial charge on any atom is 1.00 e. The molecule has 40 heavy (non-hydrogen) atoms. The van der Waals surface area contributed by atoms with Crippen molar-refractivity contribution in [2.24, 2.45) is 5.92 Å². The maximum atomic E-state index is 11.4. The fourth-order valence-corrected chi connectivity index (χ4v) is 5.61. The van der Waals surface area contributed by atoms with Crippen LogP contribution in [0, 0.1) is 5.92 Å². The second-order valence-electron chi connectivity index (χ2n) is 7.70. The summed E-state index contributed by atoms with van der Waals surface area (Å²) in [4.78, 5) is 0. The summed E-state index contributed by atoms with van der Waals surface area (Å²) in [6.07, 6.45) is -9.96. The maximum absolute atomic E-state index is 11.4. The van der Waals surface area contributed by atoms with Crippen LogP contribution in [0.15, 0.2) is 0 Å². The predicted octanol–water partition coefficient (Wildman–Crippen LogP) is -14.3. The second-order valence-corrected chi connectivity index (χ2v) is 11.8. The zero-order chi connectivity index (χ0) is 28.2. The van der Waals surface area contributed by atoms with Crippen LogP contribution in [-0.4, -0.2) is 93.8 Å². The van der Waals surface area contributed by atoms with Gasteiger partial charge in [0, 0.05) is 6.42 Å². The average Bonchev–Trinajstić information content (AvgIpc) is 2.63. The fourth-order valence-electron chi connectivity index (χ4n) is 3.81. The molecule has 0 aromatic heterocycles. The third-order valence-electron chi connectivity index (χ3n) is 4.82. The first-order valence-electron chi connectivity index (χ1n) is 10.0. The van der Waals surface area contributed by atoms with Crippen LogP contribution in [0.4, 0.5) is 0 Å². The first-order valence-corrected chi connectivity index (χ1v) is 15.3. The normalized spacial score (nSPS) is 25.6. The Balaban J connectivity index is -0.00000162. The van der Waals surface area contributed by atoms with Gasteiger partial charge >= 0.3 is 118 Å². The molecule has 1 aliphatic heterocycles. The van der Waals surface area contributed by atoms with Crippen LogP contribution in [0.1, 0.15) is 46.0 Å². The van der Waals surface area contributed by atoms with Gasteiger partial charge in [-0.05, 0) is 5.92 Å². The minimum atomic E-state index is -5.96. The predicted molar refractivity (Wildman–Crippen MR) is 107 cm³/mol. The van der Waals surface area contributed by atoms with Gasteiger partial charge in [-0.3, -0.25) is 16.7 Å². The molecule has 0 radical (unpaired) electrons. The van der Waals surface area contributed by atoms with Gasteiger partial charge in [0.15, 0.2) is 11.9 Å². The zero-order valence-corrected chi connectivity index (χ0v) is 33.9. The van der Waals surface area contributed by atoms with Crippen LogP contribution >= 0.6 is 0 Å². The molecule has 5 atom stereocenters. The number of aliphatic hydroxyl groups is 1. The second kappa shape index (κ2) is 20.6. The van der Waals surface area contributed by atoms with Gasteiger partial charge in [-0.15, -0.1) is 0 Å². The van der Waals surface area contributed by atoms with Crippen molar-refractivity contribution in [3.8, 4) is 0 Å². The molecule has 1 aliphatic rings.